The van der Waals surface area contributed by atoms with Gasteiger partial charge in [-0.25, -0.2) is 4.79 Å². The van der Waals surface area contributed by atoms with E-state index in [0.29, 0.717) is 18.1 Å². The first kappa shape index (κ1) is 12.3. The molecule has 1 atom stereocenters. The van der Waals surface area contributed by atoms with E-state index in [9.17, 15) is 4.79 Å². The Bertz CT molecular complexity index is 376. The largest absolute Gasteiger partial charge is 0.493 e. The lowest BCUT2D eigenvalue weighted by atomic mass is 10.2. The highest BCUT2D eigenvalue weighted by atomic mass is 16.5. The summed E-state index contributed by atoms with van der Waals surface area (Å²) in [6, 6.07) is 4.34. The zero-order chi connectivity index (χ0) is 12.1. The minimum atomic E-state index is -1.00. The first-order chi connectivity index (χ1) is 7.54. The third-order valence-electron chi connectivity index (χ3n) is 1.91. The van der Waals surface area contributed by atoms with Crippen LogP contribution < -0.4 is 15.2 Å². The number of methoxy groups -OCH3 is 1. The average molecular weight is 225 g/mol. The van der Waals surface area contributed by atoms with Crippen LogP contribution in [0.1, 0.15) is 17.3 Å². The first-order valence-corrected chi connectivity index (χ1v) is 4.84. The Balaban J connectivity index is 2.89. The molecule has 0 saturated heterocycles. The summed E-state index contributed by atoms with van der Waals surface area (Å²) in [6.45, 7) is 2.17. The van der Waals surface area contributed by atoms with Crippen LogP contribution in [0, 0.1) is 0 Å². The molecule has 0 aromatic heterocycles. The number of hydrogen-bond donors (Lipinski definition) is 2. The Morgan fingerprint density at radius 2 is 2.19 bits per heavy atom. The Labute approximate surface area is 93.8 Å². The molecule has 0 heterocycles. The lowest BCUT2D eigenvalue weighted by Gasteiger charge is -2.12. The van der Waals surface area contributed by atoms with Crippen molar-refractivity contribution in [3.63, 3.8) is 0 Å². The molecule has 5 heteroatoms. The second kappa shape index (κ2) is 5.37. The third-order valence-corrected chi connectivity index (χ3v) is 1.91. The summed E-state index contributed by atoms with van der Waals surface area (Å²) in [5.74, 6) is -0.123. The van der Waals surface area contributed by atoms with Gasteiger partial charge in [-0.05, 0) is 25.1 Å². The van der Waals surface area contributed by atoms with Crippen LogP contribution in [0.25, 0.3) is 0 Å². The minimum Gasteiger partial charge on any atom is -0.493 e. The zero-order valence-electron chi connectivity index (χ0n) is 9.27. The quantitative estimate of drug-likeness (QED) is 0.784. The number of hydrogen-bond acceptors (Lipinski definition) is 4. The number of ether oxygens (including phenoxy) is 2. The molecule has 0 aliphatic rings. The van der Waals surface area contributed by atoms with Crippen molar-refractivity contribution in [3.8, 4) is 11.5 Å². The van der Waals surface area contributed by atoms with Gasteiger partial charge in [0.1, 0.15) is 6.61 Å². The Morgan fingerprint density at radius 3 is 2.69 bits per heavy atom. The maximum absolute atomic E-state index is 10.7. The smallest absolute Gasteiger partial charge is 0.335 e. The summed E-state index contributed by atoms with van der Waals surface area (Å²) in [7, 11) is 1.46. The molecule has 0 bridgehead atoms. The standard InChI is InChI=1S/C11H15NO4/c1-7(12)6-16-9-4-3-8(11(13)14)5-10(9)15-2/h3-5,7H,6,12H2,1-2H3,(H,13,14). The lowest BCUT2D eigenvalue weighted by Crippen LogP contribution is -2.23. The van der Waals surface area contributed by atoms with Crippen LogP contribution in [0.4, 0.5) is 0 Å². The van der Waals surface area contributed by atoms with E-state index in [1.165, 1.54) is 19.2 Å². The maximum atomic E-state index is 10.7. The third kappa shape index (κ3) is 3.13. The highest BCUT2D eigenvalue weighted by molar-refractivity contribution is 5.88. The number of nitrogens with two attached hydrogens (primary N) is 1. The van der Waals surface area contributed by atoms with E-state index in [4.69, 9.17) is 20.3 Å². The highest BCUT2D eigenvalue weighted by Crippen LogP contribution is 2.28. The minimum absolute atomic E-state index is 0.0937. The fourth-order valence-electron chi connectivity index (χ4n) is 1.14. The second-order valence-electron chi connectivity index (χ2n) is 3.46. The molecular weight excluding hydrogens is 210 g/mol. The van der Waals surface area contributed by atoms with Gasteiger partial charge in [-0.1, -0.05) is 0 Å². The number of benzene rings is 1. The van der Waals surface area contributed by atoms with Gasteiger partial charge in [0.05, 0.1) is 12.7 Å². The van der Waals surface area contributed by atoms with E-state index >= 15 is 0 Å². The number of rotatable bonds is 5. The van der Waals surface area contributed by atoms with Crippen molar-refractivity contribution in [2.24, 2.45) is 5.73 Å². The predicted octanol–water partition coefficient (Wildman–Crippen LogP) is 1.12. The molecule has 0 fully saturated rings. The maximum Gasteiger partial charge on any atom is 0.335 e. The van der Waals surface area contributed by atoms with Crippen molar-refractivity contribution in [1.82, 2.24) is 0 Å². The first-order valence-electron chi connectivity index (χ1n) is 4.84. The van der Waals surface area contributed by atoms with E-state index in [1.54, 1.807) is 6.07 Å². The summed E-state index contributed by atoms with van der Waals surface area (Å²) < 4.78 is 10.4. The molecule has 0 aliphatic heterocycles. The Kier molecular flexibility index (Phi) is 4.13. The Hall–Kier alpha value is -1.75. The lowest BCUT2D eigenvalue weighted by molar-refractivity contribution is 0.0696. The normalized spacial score (nSPS) is 11.9. The van der Waals surface area contributed by atoms with E-state index < -0.39 is 5.97 Å². The van der Waals surface area contributed by atoms with E-state index in [1.807, 2.05) is 6.92 Å². The van der Waals surface area contributed by atoms with Crippen molar-refractivity contribution in [2.45, 2.75) is 13.0 Å². The SMILES string of the molecule is COc1cc(C(=O)O)ccc1OCC(C)N. The van der Waals surface area contributed by atoms with Crippen molar-refractivity contribution in [3.05, 3.63) is 23.8 Å². The highest BCUT2D eigenvalue weighted by Gasteiger charge is 2.10. The van der Waals surface area contributed by atoms with Crippen molar-refractivity contribution in [2.75, 3.05) is 13.7 Å². The molecule has 1 unspecified atom stereocenters. The average Bonchev–Trinajstić information content (AvgIpc) is 2.25. The van der Waals surface area contributed by atoms with Crippen LogP contribution in [-0.2, 0) is 0 Å². The molecule has 1 aromatic rings. The molecule has 16 heavy (non-hydrogen) atoms. The topological polar surface area (TPSA) is 81.8 Å². The second-order valence-corrected chi connectivity index (χ2v) is 3.46. The fraction of sp³-hybridized carbons (Fsp3) is 0.364. The van der Waals surface area contributed by atoms with Crippen molar-refractivity contribution in [1.29, 1.82) is 0 Å². The molecule has 0 spiro atoms. The molecule has 1 rings (SSSR count). The van der Waals surface area contributed by atoms with Crippen LogP contribution in [0.5, 0.6) is 11.5 Å². The van der Waals surface area contributed by atoms with Crippen LogP contribution in [0.15, 0.2) is 18.2 Å². The summed E-state index contributed by atoms with van der Waals surface area (Å²) in [5.41, 5.74) is 5.71. The molecule has 3 N–H and O–H groups in total. The summed E-state index contributed by atoms with van der Waals surface area (Å²) in [6.07, 6.45) is 0. The van der Waals surface area contributed by atoms with Crippen LogP contribution >= 0.6 is 0 Å². The van der Waals surface area contributed by atoms with Gasteiger partial charge in [-0.3, -0.25) is 0 Å². The molecule has 1 aromatic carbocycles. The molecule has 5 nitrogen and oxygen atoms in total. The van der Waals surface area contributed by atoms with Crippen molar-refractivity contribution >= 4 is 5.97 Å². The summed E-state index contributed by atoms with van der Waals surface area (Å²) in [4.78, 5) is 10.7. The van der Waals surface area contributed by atoms with Gasteiger partial charge in [-0.2, -0.15) is 0 Å². The zero-order valence-corrected chi connectivity index (χ0v) is 9.27. The van der Waals surface area contributed by atoms with Gasteiger partial charge in [0, 0.05) is 6.04 Å². The number of carboxylic acid groups (broad SMARTS) is 1. The molecule has 0 aliphatic carbocycles. The molecule has 0 radical (unpaired) electrons. The van der Waals surface area contributed by atoms with Crippen molar-refractivity contribution < 1.29 is 19.4 Å². The number of aromatic carboxylic acids is 1. The van der Waals surface area contributed by atoms with Gasteiger partial charge >= 0.3 is 5.97 Å². The van der Waals surface area contributed by atoms with E-state index in [0.717, 1.165) is 0 Å². The van der Waals surface area contributed by atoms with Crippen LogP contribution in [0.2, 0.25) is 0 Å². The molecule has 0 amide bonds. The predicted molar refractivity (Wildman–Crippen MR) is 59.1 cm³/mol. The van der Waals surface area contributed by atoms with E-state index in [2.05, 4.69) is 0 Å². The van der Waals surface area contributed by atoms with Crippen LogP contribution in [0.3, 0.4) is 0 Å². The monoisotopic (exact) mass is 225 g/mol. The number of carboxylic acids is 1. The number of carbonyl (C=O) groups is 1. The molecule has 0 saturated carbocycles. The van der Waals surface area contributed by atoms with Gasteiger partial charge in [0.25, 0.3) is 0 Å². The van der Waals surface area contributed by atoms with Crippen LogP contribution in [-0.4, -0.2) is 30.8 Å². The van der Waals surface area contributed by atoms with Gasteiger partial charge < -0.3 is 20.3 Å². The molecular formula is C11H15NO4. The van der Waals surface area contributed by atoms with E-state index in [-0.39, 0.29) is 11.6 Å². The van der Waals surface area contributed by atoms with Gasteiger partial charge in [-0.15, -0.1) is 0 Å². The summed E-state index contributed by atoms with van der Waals surface area (Å²) in [5, 5.41) is 8.80. The van der Waals surface area contributed by atoms with Gasteiger partial charge in [0.2, 0.25) is 0 Å². The Morgan fingerprint density at radius 1 is 1.50 bits per heavy atom. The summed E-state index contributed by atoms with van der Waals surface area (Å²) >= 11 is 0. The van der Waals surface area contributed by atoms with Gasteiger partial charge in [0.15, 0.2) is 11.5 Å². The fourth-order valence-corrected chi connectivity index (χ4v) is 1.14. The molecule has 88 valence electrons.